The van der Waals surface area contributed by atoms with Crippen LogP contribution in [0.3, 0.4) is 0 Å². The molecule has 0 unspecified atom stereocenters. The van der Waals surface area contributed by atoms with Gasteiger partial charge in [0.2, 0.25) is 0 Å². The predicted octanol–water partition coefficient (Wildman–Crippen LogP) is 5.32. The molecule has 0 saturated heterocycles. The van der Waals surface area contributed by atoms with Crippen LogP contribution in [0, 0.1) is 11.6 Å². The molecule has 3 nitrogen and oxygen atoms in total. The Hall–Kier alpha value is -2.56. The molecule has 0 aliphatic heterocycles. The fourth-order valence-corrected chi connectivity index (χ4v) is 3.51. The Morgan fingerprint density at radius 3 is 2.36 bits per heavy atom. The molecule has 0 radical (unpaired) electrons. The van der Waals surface area contributed by atoms with Crippen LogP contribution in [-0.2, 0) is 0 Å². The van der Waals surface area contributed by atoms with Gasteiger partial charge in [0.05, 0.1) is 5.52 Å². The molecule has 2 aromatic carbocycles. The van der Waals surface area contributed by atoms with Gasteiger partial charge in [-0.15, -0.1) is 0 Å². The van der Waals surface area contributed by atoms with E-state index in [9.17, 15) is 8.78 Å². The van der Waals surface area contributed by atoms with Gasteiger partial charge >= 0.3 is 0 Å². The average Bonchev–Trinajstić information content (AvgIpc) is 2.62. The van der Waals surface area contributed by atoms with Gasteiger partial charge in [-0.1, -0.05) is 25.3 Å². The first kappa shape index (κ1) is 15.9. The molecular weight excluding hydrogens is 320 g/mol. The lowest BCUT2D eigenvalue weighted by Gasteiger charge is -2.23. The number of nitrogens with one attached hydrogen (secondary N) is 1. The smallest absolute Gasteiger partial charge is 0.137 e. The van der Waals surface area contributed by atoms with E-state index in [-0.39, 0.29) is 0 Å². The van der Waals surface area contributed by atoms with Crippen LogP contribution in [0.1, 0.15) is 32.1 Å². The quantitative estimate of drug-likeness (QED) is 0.702. The Morgan fingerprint density at radius 2 is 1.60 bits per heavy atom. The maximum absolute atomic E-state index is 13.5. The Bertz CT molecular complexity index is 884. The molecule has 1 aromatic heterocycles. The van der Waals surface area contributed by atoms with E-state index in [0.717, 1.165) is 41.2 Å². The fraction of sp³-hybridized carbons (Fsp3) is 0.300. The van der Waals surface area contributed by atoms with Crippen LogP contribution in [-0.4, -0.2) is 16.0 Å². The molecular formula is C20H19F2N3. The van der Waals surface area contributed by atoms with Crippen molar-refractivity contribution in [1.29, 1.82) is 0 Å². The van der Waals surface area contributed by atoms with E-state index in [4.69, 9.17) is 0 Å². The minimum Gasteiger partial charge on any atom is -0.367 e. The van der Waals surface area contributed by atoms with E-state index in [1.54, 1.807) is 6.33 Å². The molecule has 128 valence electrons. The average molecular weight is 339 g/mol. The summed E-state index contributed by atoms with van der Waals surface area (Å²) in [5, 5.41) is 4.40. The molecule has 1 aliphatic carbocycles. The number of halogens is 2. The molecule has 0 amide bonds. The molecule has 1 fully saturated rings. The SMILES string of the molecule is Fc1cc(F)cc(-c2ccc3ncnc(NC4CCCCC4)c3c2)c1. The van der Waals surface area contributed by atoms with Gasteiger partial charge in [-0.3, -0.25) is 0 Å². The number of fused-ring (bicyclic) bond motifs is 1. The third kappa shape index (κ3) is 3.45. The van der Waals surface area contributed by atoms with Crippen molar-refractivity contribution in [2.75, 3.05) is 5.32 Å². The summed E-state index contributed by atoms with van der Waals surface area (Å²) in [5.41, 5.74) is 2.06. The summed E-state index contributed by atoms with van der Waals surface area (Å²) in [5.74, 6) is -0.379. The van der Waals surface area contributed by atoms with Crippen molar-refractivity contribution in [2.45, 2.75) is 38.1 Å². The Morgan fingerprint density at radius 1 is 0.840 bits per heavy atom. The third-order valence-electron chi connectivity index (χ3n) is 4.78. The molecule has 0 atom stereocenters. The molecule has 0 bridgehead atoms. The van der Waals surface area contributed by atoms with Crippen molar-refractivity contribution < 1.29 is 8.78 Å². The van der Waals surface area contributed by atoms with E-state index in [1.807, 2.05) is 18.2 Å². The lowest BCUT2D eigenvalue weighted by atomic mass is 9.95. The molecule has 5 heteroatoms. The summed E-state index contributed by atoms with van der Waals surface area (Å²) in [6.07, 6.45) is 7.58. The highest BCUT2D eigenvalue weighted by Crippen LogP contribution is 2.29. The predicted molar refractivity (Wildman–Crippen MR) is 95.4 cm³/mol. The summed E-state index contributed by atoms with van der Waals surface area (Å²) < 4.78 is 27.1. The van der Waals surface area contributed by atoms with E-state index in [0.29, 0.717) is 11.6 Å². The lowest BCUT2D eigenvalue weighted by molar-refractivity contribution is 0.462. The number of rotatable bonds is 3. The minimum atomic E-state index is -0.583. The summed E-state index contributed by atoms with van der Waals surface area (Å²) >= 11 is 0. The lowest BCUT2D eigenvalue weighted by Crippen LogP contribution is -2.23. The van der Waals surface area contributed by atoms with Gasteiger partial charge in [0, 0.05) is 17.5 Å². The first-order valence-electron chi connectivity index (χ1n) is 8.67. The van der Waals surface area contributed by atoms with Gasteiger partial charge in [0.1, 0.15) is 23.8 Å². The van der Waals surface area contributed by atoms with Crippen molar-refractivity contribution in [3.05, 3.63) is 54.4 Å². The first-order valence-corrected chi connectivity index (χ1v) is 8.67. The second kappa shape index (κ2) is 6.75. The number of aromatic nitrogens is 2. The molecule has 25 heavy (non-hydrogen) atoms. The highest BCUT2D eigenvalue weighted by atomic mass is 19.1. The first-order chi connectivity index (χ1) is 12.2. The van der Waals surface area contributed by atoms with Gasteiger partial charge in [0.15, 0.2) is 0 Å². The van der Waals surface area contributed by atoms with E-state index in [1.165, 1.54) is 31.4 Å². The van der Waals surface area contributed by atoms with Gasteiger partial charge in [-0.05, 0) is 48.2 Å². The van der Waals surface area contributed by atoms with Crippen molar-refractivity contribution in [3.63, 3.8) is 0 Å². The monoisotopic (exact) mass is 339 g/mol. The van der Waals surface area contributed by atoms with Crippen molar-refractivity contribution >= 4 is 16.7 Å². The number of hydrogen-bond donors (Lipinski definition) is 1. The topological polar surface area (TPSA) is 37.8 Å². The van der Waals surface area contributed by atoms with E-state index in [2.05, 4.69) is 15.3 Å². The third-order valence-corrected chi connectivity index (χ3v) is 4.78. The van der Waals surface area contributed by atoms with Crippen LogP contribution in [0.4, 0.5) is 14.6 Å². The van der Waals surface area contributed by atoms with Crippen molar-refractivity contribution in [3.8, 4) is 11.1 Å². The number of hydrogen-bond acceptors (Lipinski definition) is 3. The van der Waals surface area contributed by atoms with Gasteiger partial charge in [-0.25, -0.2) is 18.7 Å². The molecule has 4 rings (SSSR count). The van der Waals surface area contributed by atoms with Crippen LogP contribution < -0.4 is 5.32 Å². The fourth-order valence-electron chi connectivity index (χ4n) is 3.51. The van der Waals surface area contributed by atoms with Gasteiger partial charge < -0.3 is 5.32 Å². The van der Waals surface area contributed by atoms with Crippen molar-refractivity contribution in [2.24, 2.45) is 0 Å². The maximum atomic E-state index is 13.5. The van der Waals surface area contributed by atoms with Gasteiger partial charge in [0.25, 0.3) is 0 Å². The molecule has 3 aromatic rings. The van der Waals surface area contributed by atoms with Crippen molar-refractivity contribution in [1.82, 2.24) is 9.97 Å². The largest absolute Gasteiger partial charge is 0.367 e. The maximum Gasteiger partial charge on any atom is 0.137 e. The summed E-state index contributed by atoms with van der Waals surface area (Å²) in [4.78, 5) is 8.71. The summed E-state index contributed by atoms with van der Waals surface area (Å²) in [6, 6.07) is 9.56. The normalized spacial score (nSPS) is 15.4. The minimum absolute atomic E-state index is 0.419. The van der Waals surface area contributed by atoms with Crippen LogP contribution >= 0.6 is 0 Å². The summed E-state index contributed by atoms with van der Waals surface area (Å²) in [7, 11) is 0. The molecule has 1 N–H and O–H groups in total. The zero-order chi connectivity index (χ0) is 17.2. The standard InChI is InChI=1S/C20H19F2N3/c21-15-8-14(9-16(22)11-15)13-6-7-19-18(10-13)20(24-12-23-19)25-17-4-2-1-3-5-17/h6-12,17H,1-5H2,(H,23,24,25). The summed E-state index contributed by atoms with van der Waals surface area (Å²) in [6.45, 7) is 0. The molecule has 1 aliphatic rings. The number of anilines is 1. The van der Waals surface area contributed by atoms with Crippen LogP contribution in [0.25, 0.3) is 22.0 Å². The molecule has 0 spiro atoms. The van der Waals surface area contributed by atoms with Crippen LogP contribution in [0.15, 0.2) is 42.7 Å². The van der Waals surface area contributed by atoms with Crippen LogP contribution in [0.5, 0.6) is 0 Å². The Balaban J connectivity index is 1.74. The van der Waals surface area contributed by atoms with E-state index >= 15 is 0 Å². The molecule has 1 saturated carbocycles. The Kier molecular flexibility index (Phi) is 4.30. The zero-order valence-electron chi connectivity index (χ0n) is 13.8. The highest BCUT2D eigenvalue weighted by Gasteiger charge is 2.15. The van der Waals surface area contributed by atoms with Crippen LogP contribution in [0.2, 0.25) is 0 Å². The number of nitrogens with zero attached hydrogens (tertiary/aromatic N) is 2. The second-order valence-corrected chi connectivity index (χ2v) is 6.59. The molecule has 1 heterocycles. The number of benzene rings is 2. The zero-order valence-corrected chi connectivity index (χ0v) is 13.8. The second-order valence-electron chi connectivity index (χ2n) is 6.59. The Labute approximate surface area is 145 Å². The highest BCUT2D eigenvalue weighted by molar-refractivity contribution is 5.92. The van der Waals surface area contributed by atoms with Gasteiger partial charge in [-0.2, -0.15) is 0 Å². The van der Waals surface area contributed by atoms with E-state index < -0.39 is 11.6 Å².